The molecule has 1 aromatic carbocycles. The number of carbonyl (C=O) groups is 1. The zero-order chi connectivity index (χ0) is 13.3. The van der Waals surface area contributed by atoms with Gasteiger partial charge in [0.2, 0.25) is 0 Å². The van der Waals surface area contributed by atoms with Crippen molar-refractivity contribution >= 4 is 5.97 Å². The van der Waals surface area contributed by atoms with Crippen molar-refractivity contribution < 1.29 is 14.6 Å². The maximum Gasteiger partial charge on any atom is 0.307 e. The quantitative estimate of drug-likeness (QED) is 0.838. The lowest BCUT2D eigenvalue weighted by molar-refractivity contribution is -0.143. The minimum Gasteiger partial charge on any atom is -0.481 e. The minimum absolute atomic E-state index is 0.193. The van der Waals surface area contributed by atoms with E-state index in [1.165, 1.54) is 5.56 Å². The van der Waals surface area contributed by atoms with Gasteiger partial charge in [-0.25, -0.2) is 0 Å². The molecule has 0 radical (unpaired) electrons. The summed E-state index contributed by atoms with van der Waals surface area (Å²) in [5, 5.41) is 9.13. The van der Waals surface area contributed by atoms with Crippen LogP contribution in [-0.4, -0.2) is 42.2 Å². The molecule has 0 saturated carbocycles. The highest BCUT2D eigenvalue weighted by Crippen LogP contribution is 2.40. The molecule has 2 fully saturated rings. The fourth-order valence-electron chi connectivity index (χ4n) is 2.94. The average Bonchev–Trinajstić information content (AvgIpc) is 3.21. The molecule has 0 aromatic heterocycles. The van der Waals surface area contributed by atoms with E-state index in [-0.39, 0.29) is 11.5 Å². The number of epoxide rings is 1. The third-order valence-corrected chi connectivity index (χ3v) is 4.13. The first-order valence-corrected chi connectivity index (χ1v) is 6.84. The molecule has 102 valence electrons. The average molecular weight is 261 g/mol. The largest absolute Gasteiger partial charge is 0.481 e. The van der Waals surface area contributed by atoms with Gasteiger partial charge < -0.3 is 9.84 Å². The molecule has 1 N–H and O–H groups in total. The predicted molar refractivity (Wildman–Crippen MR) is 70.9 cm³/mol. The lowest BCUT2D eigenvalue weighted by Gasteiger charge is -2.32. The number of benzene rings is 1. The highest BCUT2D eigenvalue weighted by atomic mass is 16.6. The first-order chi connectivity index (χ1) is 9.20. The molecule has 19 heavy (non-hydrogen) atoms. The monoisotopic (exact) mass is 261 g/mol. The van der Waals surface area contributed by atoms with E-state index in [9.17, 15) is 4.79 Å². The zero-order valence-corrected chi connectivity index (χ0v) is 10.9. The van der Waals surface area contributed by atoms with Crippen LogP contribution in [-0.2, 0) is 15.1 Å². The third kappa shape index (κ3) is 2.65. The summed E-state index contributed by atoms with van der Waals surface area (Å²) in [5.41, 5.74) is 1.01. The van der Waals surface area contributed by atoms with Crippen molar-refractivity contribution in [2.24, 2.45) is 5.92 Å². The van der Waals surface area contributed by atoms with Crippen LogP contribution in [0.5, 0.6) is 0 Å². The minimum atomic E-state index is -0.671. The Labute approximate surface area is 113 Å². The van der Waals surface area contributed by atoms with Gasteiger partial charge in [-0.15, -0.1) is 0 Å². The smallest absolute Gasteiger partial charge is 0.307 e. The Bertz CT molecular complexity index is 456. The number of nitrogens with zero attached hydrogens (tertiary/aromatic N) is 1. The SMILES string of the molecule is O=C(O)C1CCCN(CC2(c3ccccc3)CO2)C1. The van der Waals surface area contributed by atoms with Crippen LogP contribution in [0.25, 0.3) is 0 Å². The topological polar surface area (TPSA) is 53.1 Å². The number of piperidine rings is 1. The van der Waals surface area contributed by atoms with E-state index in [0.29, 0.717) is 6.54 Å². The summed E-state index contributed by atoms with van der Waals surface area (Å²) in [5.74, 6) is -0.893. The molecule has 2 atom stereocenters. The predicted octanol–water partition coefficient (Wildman–Crippen LogP) is 1.71. The van der Waals surface area contributed by atoms with E-state index >= 15 is 0 Å². The lowest BCUT2D eigenvalue weighted by atomic mass is 9.94. The molecule has 2 aliphatic heterocycles. The maximum absolute atomic E-state index is 11.1. The Morgan fingerprint density at radius 3 is 2.79 bits per heavy atom. The van der Waals surface area contributed by atoms with Crippen LogP contribution in [0.15, 0.2) is 30.3 Å². The number of likely N-dealkylation sites (tertiary alicyclic amines) is 1. The van der Waals surface area contributed by atoms with Gasteiger partial charge in [0.05, 0.1) is 12.5 Å². The molecule has 0 bridgehead atoms. The number of aliphatic carboxylic acids is 1. The van der Waals surface area contributed by atoms with Crippen LogP contribution in [0.4, 0.5) is 0 Å². The number of carboxylic acids is 1. The number of ether oxygens (including phenoxy) is 1. The Morgan fingerprint density at radius 2 is 2.16 bits per heavy atom. The molecule has 3 rings (SSSR count). The zero-order valence-electron chi connectivity index (χ0n) is 10.9. The van der Waals surface area contributed by atoms with Gasteiger partial charge in [0.1, 0.15) is 5.60 Å². The van der Waals surface area contributed by atoms with Gasteiger partial charge >= 0.3 is 5.97 Å². The summed E-state index contributed by atoms with van der Waals surface area (Å²) >= 11 is 0. The van der Waals surface area contributed by atoms with Gasteiger partial charge in [-0.1, -0.05) is 30.3 Å². The molecule has 2 unspecified atom stereocenters. The van der Waals surface area contributed by atoms with Gasteiger partial charge in [0.25, 0.3) is 0 Å². The molecule has 4 heteroatoms. The first kappa shape index (κ1) is 12.6. The number of hydrogen-bond donors (Lipinski definition) is 1. The van der Waals surface area contributed by atoms with E-state index in [4.69, 9.17) is 9.84 Å². The van der Waals surface area contributed by atoms with Crippen LogP contribution >= 0.6 is 0 Å². The molecule has 1 aromatic rings. The summed E-state index contributed by atoms with van der Waals surface area (Å²) in [6.07, 6.45) is 1.76. The van der Waals surface area contributed by atoms with E-state index in [0.717, 1.165) is 32.5 Å². The number of carboxylic acid groups (broad SMARTS) is 1. The molecule has 0 amide bonds. The molecule has 2 saturated heterocycles. The van der Waals surface area contributed by atoms with Gasteiger partial charge in [-0.2, -0.15) is 0 Å². The van der Waals surface area contributed by atoms with E-state index < -0.39 is 5.97 Å². The Hall–Kier alpha value is -1.39. The van der Waals surface area contributed by atoms with Crippen LogP contribution in [0, 0.1) is 5.92 Å². The maximum atomic E-state index is 11.1. The summed E-state index contributed by atoms with van der Waals surface area (Å²) < 4.78 is 5.69. The van der Waals surface area contributed by atoms with Crippen LogP contribution in [0.1, 0.15) is 18.4 Å². The standard InChI is InChI=1S/C15H19NO3/c17-14(18)12-5-4-8-16(9-12)10-15(11-19-15)13-6-2-1-3-7-13/h1-3,6-7,12H,4-5,8-11H2,(H,17,18). The highest BCUT2D eigenvalue weighted by Gasteiger charge is 2.48. The first-order valence-electron chi connectivity index (χ1n) is 6.84. The second kappa shape index (κ2) is 4.94. The Kier molecular flexibility index (Phi) is 3.29. The van der Waals surface area contributed by atoms with Crippen molar-refractivity contribution in [2.75, 3.05) is 26.2 Å². The van der Waals surface area contributed by atoms with Crippen LogP contribution in [0.3, 0.4) is 0 Å². The number of rotatable bonds is 4. The van der Waals surface area contributed by atoms with Crippen LogP contribution < -0.4 is 0 Å². The van der Waals surface area contributed by atoms with Crippen molar-refractivity contribution in [1.29, 1.82) is 0 Å². The third-order valence-electron chi connectivity index (χ3n) is 4.13. The van der Waals surface area contributed by atoms with E-state index in [2.05, 4.69) is 17.0 Å². The van der Waals surface area contributed by atoms with E-state index in [1.807, 2.05) is 18.2 Å². The van der Waals surface area contributed by atoms with Crippen molar-refractivity contribution in [3.63, 3.8) is 0 Å². The molecular formula is C15H19NO3. The molecule has 4 nitrogen and oxygen atoms in total. The fraction of sp³-hybridized carbons (Fsp3) is 0.533. The van der Waals surface area contributed by atoms with Gasteiger partial charge in [0, 0.05) is 13.1 Å². The summed E-state index contributed by atoms with van der Waals surface area (Å²) in [7, 11) is 0. The number of hydrogen-bond acceptors (Lipinski definition) is 3. The van der Waals surface area contributed by atoms with Gasteiger partial charge in [0.15, 0.2) is 0 Å². The highest BCUT2D eigenvalue weighted by molar-refractivity contribution is 5.70. The molecule has 2 aliphatic rings. The van der Waals surface area contributed by atoms with Crippen molar-refractivity contribution in [3.05, 3.63) is 35.9 Å². The van der Waals surface area contributed by atoms with Crippen molar-refractivity contribution in [2.45, 2.75) is 18.4 Å². The van der Waals surface area contributed by atoms with Gasteiger partial charge in [-0.3, -0.25) is 9.69 Å². The Balaban J connectivity index is 1.67. The summed E-state index contributed by atoms with van der Waals surface area (Å²) in [4.78, 5) is 13.3. The van der Waals surface area contributed by atoms with Crippen molar-refractivity contribution in [3.8, 4) is 0 Å². The second-order valence-electron chi connectivity index (χ2n) is 5.56. The normalized spacial score (nSPS) is 31.1. The lowest BCUT2D eigenvalue weighted by Crippen LogP contribution is -2.42. The molecule has 2 heterocycles. The second-order valence-corrected chi connectivity index (χ2v) is 5.56. The Morgan fingerprint density at radius 1 is 1.42 bits per heavy atom. The molecule has 0 spiro atoms. The van der Waals surface area contributed by atoms with E-state index in [1.54, 1.807) is 0 Å². The fourth-order valence-corrected chi connectivity index (χ4v) is 2.94. The molecular weight excluding hydrogens is 242 g/mol. The summed E-state index contributed by atoms with van der Waals surface area (Å²) in [6.45, 7) is 3.17. The summed E-state index contributed by atoms with van der Waals surface area (Å²) in [6, 6.07) is 10.2. The molecule has 0 aliphatic carbocycles. The van der Waals surface area contributed by atoms with Crippen molar-refractivity contribution in [1.82, 2.24) is 4.90 Å². The van der Waals surface area contributed by atoms with Crippen LogP contribution in [0.2, 0.25) is 0 Å². The van der Waals surface area contributed by atoms with Gasteiger partial charge in [-0.05, 0) is 24.9 Å².